The van der Waals surface area contributed by atoms with Crippen molar-refractivity contribution < 1.29 is 9.53 Å². The second kappa shape index (κ2) is 7.21. The summed E-state index contributed by atoms with van der Waals surface area (Å²) in [5.74, 6) is 0.202. The Morgan fingerprint density at radius 1 is 1.63 bits per heavy atom. The Balaban J connectivity index is 1.79. The van der Waals surface area contributed by atoms with E-state index in [0.29, 0.717) is 26.1 Å². The van der Waals surface area contributed by atoms with E-state index < -0.39 is 0 Å². The third kappa shape index (κ3) is 4.29. The predicted octanol–water partition coefficient (Wildman–Crippen LogP) is 0.461. The maximum atomic E-state index is 12.2. The number of likely N-dealkylation sites (N-methyl/N-ethyl adjacent to an activating group) is 1. The molecule has 1 fully saturated rings. The van der Waals surface area contributed by atoms with Gasteiger partial charge in [-0.25, -0.2) is 0 Å². The average molecular weight is 263 g/mol. The summed E-state index contributed by atoms with van der Waals surface area (Å²) in [6.07, 6.45) is 4.96. The Labute approximate surface area is 114 Å². The number of hydrogen-bond donors (Lipinski definition) is 1. The highest BCUT2D eigenvalue weighted by molar-refractivity contribution is 5.76. The van der Waals surface area contributed by atoms with Gasteiger partial charge in [0.2, 0.25) is 5.91 Å². The normalized spacial score (nSPS) is 19.4. The summed E-state index contributed by atoms with van der Waals surface area (Å²) >= 11 is 0. The van der Waals surface area contributed by atoms with Gasteiger partial charge in [-0.15, -0.1) is 0 Å². The molecule has 1 N–H and O–H groups in total. The maximum Gasteiger partial charge on any atom is 0.223 e. The molecule has 1 saturated heterocycles. The number of rotatable bonds is 5. The van der Waals surface area contributed by atoms with Crippen molar-refractivity contribution in [3.05, 3.63) is 30.1 Å². The molecule has 5 heteroatoms. The van der Waals surface area contributed by atoms with Gasteiger partial charge in [-0.3, -0.25) is 9.78 Å². The molecule has 2 heterocycles. The van der Waals surface area contributed by atoms with E-state index in [1.54, 1.807) is 6.20 Å². The van der Waals surface area contributed by atoms with Gasteiger partial charge in [-0.2, -0.15) is 0 Å². The molecule has 0 saturated carbocycles. The highest BCUT2D eigenvalue weighted by atomic mass is 16.5. The number of ether oxygens (including phenoxy) is 1. The lowest BCUT2D eigenvalue weighted by atomic mass is 10.1. The predicted molar refractivity (Wildman–Crippen MR) is 72.8 cm³/mol. The molecule has 0 radical (unpaired) electrons. The summed E-state index contributed by atoms with van der Waals surface area (Å²) in [4.78, 5) is 18.1. The minimum atomic E-state index is 0.112. The number of nitrogens with one attached hydrogen (secondary N) is 1. The smallest absolute Gasteiger partial charge is 0.223 e. The van der Waals surface area contributed by atoms with Gasteiger partial charge in [0.25, 0.3) is 0 Å². The van der Waals surface area contributed by atoms with Crippen molar-refractivity contribution in [3.8, 4) is 0 Å². The molecular weight excluding hydrogens is 242 g/mol. The van der Waals surface area contributed by atoms with Crippen molar-refractivity contribution in [1.29, 1.82) is 0 Å². The molecule has 1 aliphatic heterocycles. The van der Waals surface area contributed by atoms with Crippen LogP contribution in [-0.2, 0) is 16.0 Å². The minimum absolute atomic E-state index is 0.112. The summed E-state index contributed by atoms with van der Waals surface area (Å²) in [5.41, 5.74) is 1.11. The first-order chi connectivity index (χ1) is 9.29. The Hall–Kier alpha value is -1.46. The molecule has 0 spiro atoms. The van der Waals surface area contributed by atoms with Gasteiger partial charge in [-0.05, 0) is 25.1 Å². The van der Waals surface area contributed by atoms with Gasteiger partial charge in [0, 0.05) is 38.4 Å². The van der Waals surface area contributed by atoms with Gasteiger partial charge in [0.05, 0.1) is 12.7 Å². The van der Waals surface area contributed by atoms with Crippen molar-refractivity contribution in [2.45, 2.75) is 18.9 Å². The second-order valence-corrected chi connectivity index (χ2v) is 4.75. The molecule has 0 bridgehead atoms. The third-order valence-electron chi connectivity index (χ3n) is 3.27. The molecule has 5 nitrogen and oxygen atoms in total. The van der Waals surface area contributed by atoms with E-state index in [2.05, 4.69) is 10.3 Å². The van der Waals surface area contributed by atoms with Crippen LogP contribution in [0, 0.1) is 0 Å². The number of aromatic nitrogens is 1. The van der Waals surface area contributed by atoms with Crippen molar-refractivity contribution in [2.75, 3.05) is 33.3 Å². The molecule has 104 valence electrons. The number of amides is 1. The van der Waals surface area contributed by atoms with Gasteiger partial charge in [-0.1, -0.05) is 6.07 Å². The van der Waals surface area contributed by atoms with Crippen molar-refractivity contribution in [2.24, 2.45) is 0 Å². The molecule has 1 aliphatic rings. The first-order valence-electron chi connectivity index (χ1n) is 6.72. The quantitative estimate of drug-likeness (QED) is 0.838. The van der Waals surface area contributed by atoms with Crippen LogP contribution in [-0.4, -0.2) is 55.2 Å². The van der Waals surface area contributed by atoms with E-state index in [-0.39, 0.29) is 12.0 Å². The van der Waals surface area contributed by atoms with Crippen molar-refractivity contribution in [3.63, 3.8) is 0 Å². The van der Waals surface area contributed by atoms with Gasteiger partial charge >= 0.3 is 0 Å². The first kappa shape index (κ1) is 14.0. The van der Waals surface area contributed by atoms with Crippen molar-refractivity contribution in [1.82, 2.24) is 15.2 Å². The van der Waals surface area contributed by atoms with Gasteiger partial charge in [0.15, 0.2) is 0 Å². The van der Waals surface area contributed by atoms with Crippen LogP contribution < -0.4 is 5.32 Å². The number of nitrogens with zero attached hydrogens (tertiary/aromatic N) is 2. The Morgan fingerprint density at radius 2 is 2.53 bits per heavy atom. The number of carbonyl (C=O) groups is 1. The van der Waals surface area contributed by atoms with Crippen LogP contribution in [0.25, 0.3) is 0 Å². The number of pyridine rings is 1. The Bertz CT molecular complexity index is 395. The number of aryl methyl sites for hydroxylation is 1. The zero-order valence-electron chi connectivity index (χ0n) is 11.3. The lowest BCUT2D eigenvalue weighted by molar-refractivity contribution is -0.138. The Kier molecular flexibility index (Phi) is 5.30. The van der Waals surface area contributed by atoms with Crippen LogP contribution in [0.15, 0.2) is 24.5 Å². The summed E-state index contributed by atoms with van der Waals surface area (Å²) in [6, 6.07) is 3.90. The lowest BCUT2D eigenvalue weighted by Gasteiger charge is -2.33. The molecule has 0 aromatic carbocycles. The molecular formula is C14H21N3O2. The molecule has 1 aromatic heterocycles. The molecule has 0 aliphatic carbocycles. The average Bonchev–Trinajstić information content (AvgIpc) is 2.46. The van der Waals surface area contributed by atoms with Crippen LogP contribution >= 0.6 is 0 Å². The van der Waals surface area contributed by atoms with E-state index in [9.17, 15) is 4.79 Å². The van der Waals surface area contributed by atoms with E-state index in [1.165, 1.54) is 0 Å². The number of hydrogen-bond acceptors (Lipinski definition) is 4. The summed E-state index contributed by atoms with van der Waals surface area (Å²) < 4.78 is 5.60. The first-order valence-corrected chi connectivity index (χ1v) is 6.72. The van der Waals surface area contributed by atoms with E-state index >= 15 is 0 Å². The Morgan fingerprint density at radius 3 is 3.26 bits per heavy atom. The highest BCUT2D eigenvalue weighted by Gasteiger charge is 2.23. The fourth-order valence-electron chi connectivity index (χ4n) is 2.25. The summed E-state index contributed by atoms with van der Waals surface area (Å²) in [5, 5.41) is 3.08. The minimum Gasteiger partial charge on any atom is -0.373 e. The van der Waals surface area contributed by atoms with Gasteiger partial charge < -0.3 is 15.0 Å². The fraction of sp³-hybridized carbons (Fsp3) is 0.571. The SMILES string of the molecule is CNCC1CN(C(=O)CCc2cccnc2)CCO1. The maximum absolute atomic E-state index is 12.2. The van der Waals surface area contributed by atoms with Crippen LogP contribution in [0.4, 0.5) is 0 Å². The highest BCUT2D eigenvalue weighted by Crippen LogP contribution is 2.08. The van der Waals surface area contributed by atoms with Crippen LogP contribution in [0.5, 0.6) is 0 Å². The monoisotopic (exact) mass is 263 g/mol. The number of morpholine rings is 1. The lowest BCUT2D eigenvalue weighted by Crippen LogP contribution is -2.48. The number of carbonyl (C=O) groups excluding carboxylic acids is 1. The largest absolute Gasteiger partial charge is 0.373 e. The van der Waals surface area contributed by atoms with Crippen molar-refractivity contribution >= 4 is 5.91 Å². The zero-order chi connectivity index (χ0) is 13.5. The molecule has 1 aromatic rings. The molecule has 2 rings (SSSR count). The van der Waals surface area contributed by atoms with E-state index in [1.807, 2.05) is 30.3 Å². The molecule has 1 amide bonds. The summed E-state index contributed by atoms with van der Waals surface area (Å²) in [6.45, 7) is 2.80. The zero-order valence-corrected chi connectivity index (χ0v) is 11.3. The van der Waals surface area contributed by atoms with E-state index in [4.69, 9.17) is 4.74 Å². The van der Waals surface area contributed by atoms with Crippen LogP contribution in [0.1, 0.15) is 12.0 Å². The van der Waals surface area contributed by atoms with E-state index in [0.717, 1.165) is 18.5 Å². The van der Waals surface area contributed by atoms with Crippen LogP contribution in [0.2, 0.25) is 0 Å². The second-order valence-electron chi connectivity index (χ2n) is 4.75. The summed E-state index contributed by atoms with van der Waals surface area (Å²) in [7, 11) is 1.90. The molecule has 1 atom stereocenters. The fourth-order valence-corrected chi connectivity index (χ4v) is 2.25. The molecule has 19 heavy (non-hydrogen) atoms. The third-order valence-corrected chi connectivity index (χ3v) is 3.27. The topological polar surface area (TPSA) is 54.5 Å². The van der Waals surface area contributed by atoms with Crippen LogP contribution in [0.3, 0.4) is 0 Å². The van der Waals surface area contributed by atoms with Gasteiger partial charge in [0.1, 0.15) is 0 Å². The standard InChI is InChI=1S/C14H21N3O2/c1-15-10-13-11-17(7-8-19-13)14(18)5-4-12-3-2-6-16-9-12/h2-3,6,9,13,15H,4-5,7-8,10-11H2,1H3. The molecule has 1 unspecified atom stereocenters.